The molecule has 1 aliphatic rings. The van der Waals surface area contributed by atoms with Gasteiger partial charge in [-0.05, 0) is 70.8 Å². The van der Waals surface area contributed by atoms with Crippen LogP contribution < -0.4 is 11.1 Å². The molecule has 1 fully saturated rings. The van der Waals surface area contributed by atoms with E-state index in [4.69, 9.17) is 10.5 Å². The Morgan fingerprint density at radius 3 is 2.14 bits per heavy atom. The summed E-state index contributed by atoms with van der Waals surface area (Å²) in [5, 5.41) is 2.92. The van der Waals surface area contributed by atoms with Gasteiger partial charge in [-0.25, -0.2) is 4.79 Å². The van der Waals surface area contributed by atoms with E-state index < -0.39 is 5.60 Å². The van der Waals surface area contributed by atoms with E-state index in [1.54, 1.807) is 0 Å². The van der Waals surface area contributed by atoms with Crippen LogP contribution in [0.3, 0.4) is 0 Å². The molecule has 0 aromatic carbocycles. The number of hydrogen-bond donors (Lipinski definition) is 2. The van der Waals surface area contributed by atoms with E-state index in [0.29, 0.717) is 19.0 Å². The minimum absolute atomic E-state index is 0.0428. The lowest BCUT2D eigenvalue weighted by Crippen LogP contribution is -2.47. The monoisotopic (exact) mass is 312 g/mol. The first-order chi connectivity index (χ1) is 10.1. The largest absolute Gasteiger partial charge is 0.444 e. The van der Waals surface area contributed by atoms with Gasteiger partial charge in [0, 0.05) is 12.0 Å². The maximum Gasteiger partial charge on any atom is 0.407 e. The van der Waals surface area contributed by atoms with Gasteiger partial charge >= 0.3 is 6.09 Å². The highest BCUT2D eigenvalue weighted by Gasteiger charge is 2.36. The second-order valence-corrected chi connectivity index (χ2v) is 8.57. The molecule has 0 radical (unpaired) electrons. The lowest BCUT2D eigenvalue weighted by atomic mass is 9.66. The summed E-state index contributed by atoms with van der Waals surface area (Å²) in [6, 6.07) is 0. The van der Waals surface area contributed by atoms with E-state index >= 15 is 0 Å². The van der Waals surface area contributed by atoms with E-state index in [1.807, 2.05) is 20.8 Å². The first-order valence-electron chi connectivity index (χ1n) is 8.74. The van der Waals surface area contributed by atoms with Crippen molar-refractivity contribution >= 4 is 6.09 Å². The third kappa shape index (κ3) is 5.79. The van der Waals surface area contributed by atoms with Crippen molar-refractivity contribution < 1.29 is 9.53 Å². The highest BCUT2D eigenvalue weighted by Crippen LogP contribution is 2.41. The molecule has 130 valence electrons. The fourth-order valence-electron chi connectivity index (χ4n) is 3.45. The second kappa shape index (κ2) is 7.67. The van der Waals surface area contributed by atoms with Crippen molar-refractivity contribution in [1.82, 2.24) is 5.32 Å². The Hall–Kier alpha value is -0.770. The van der Waals surface area contributed by atoms with Gasteiger partial charge in [-0.2, -0.15) is 0 Å². The Labute approximate surface area is 136 Å². The molecule has 0 heterocycles. The van der Waals surface area contributed by atoms with Crippen LogP contribution in [0.4, 0.5) is 4.79 Å². The molecular formula is C18H36N2O2. The standard InChI is InChI=1S/C18H36N2O2/c1-13(2)14-7-9-15(10-8-14)18(6,11-19)12-20-16(21)22-17(3,4)5/h13-15H,7-12,19H2,1-6H3,(H,20,21). The molecule has 0 aliphatic heterocycles. The molecule has 1 rings (SSSR count). The zero-order valence-electron chi connectivity index (χ0n) is 15.4. The fourth-order valence-corrected chi connectivity index (χ4v) is 3.45. The quantitative estimate of drug-likeness (QED) is 0.808. The van der Waals surface area contributed by atoms with Gasteiger partial charge in [-0.3, -0.25) is 0 Å². The van der Waals surface area contributed by atoms with Crippen LogP contribution >= 0.6 is 0 Å². The van der Waals surface area contributed by atoms with Gasteiger partial charge < -0.3 is 15.8 Å². The lowest BCUT2D eigenvalue weighted by molar-refractivity contribution is 0.0456. The zero-order valence-corrected chi connectivity index (χ0v) is 15.4. The van der Waals surface area contributed by atoms with Crippen LogP contribution in [0.2, 0.25) is 0 Å². The molecule has 1 amide bonds. The number of carbonyl (C=O) groups is 1. The molecule has 4 heteroatoms. The van der Waals surface area contributed by atoms with E-state index in [9.17, 15) is 4.79 Å². The Morgan fingerprint density at radius 1 is 1.18 bits per heavy atom. The van der Waals surface area contributed by atoms with E-state index in [2.05, 4.69) is 26.1 Å². The van der Waals surface area contributed by atoms with Crippen LogP contribution in [0, 0.1) is 23.2 Å². The van der Waals surface area contributed by atoms with Crippen molar-refractivity contribution in [3.63, 3.8) is 0 Å². The molecule has 0 aromatic rings. The third-order valence-corrected chi connectivity index (χ3v) is 5.20. The summed E-state index contributed by atoms with van der Waals surface area (Å²) in [6.45, 7) is 13.7. The summed E-state index contributed by atoms with van der Waals surface area (Å²) in [5.41, 5.74) is 5.55. The number of hydrogen-bond acceptors (Lipinski definition) is 3. The average Bonchev–Trinajstić information content (AvgIpc) is 2.43. The SMILES string of the molecule is CC(C)C1CCC(C(C)(CN)CNC(=O)OC(C)(C)C)CC1. The van der Waals surface area contributed by atoms with Crippen molar-refractivity contribution in [2.75, 3.05) is 13.1 Å². The van der Waals surface area contributed by atoms with Gasteiger partial charge in [0.2, 0.25) is 0 Å². The maximum atomic E-state index is 11.9. The smallest absolute Gasteiger partial charge is 0.407 e. The van der Waals surface area contributed by atoms with Crippen LogP contribution in [0.25, 0.3) is 0 Å². The van der Waals surface area contributed by atoms with Crippen molar-refractivity contribution in [3.8, 4) is 0 Å². The summed E-state index contributed by atoms with van der Waals surface area (Å²) in [4.78, 5) is 11.9. The number of amides is 1. The number of nitrogens with one attached hydrogen (secondary N) is 1. The molecule has 1 atom stereocenters. The molecule has 0 spiro atoms. The Kier molecular flexibility index (Phi) is 6.72. The molecule has 3 N–H and O–H groups in total. The molecule has 0 saturated heterocycles. The average molecular weight is 312 g/mol. The van der Waals surface area contributed by atoms with E-state index in [-0.39, 0.29) is 11.5 Å². The van der Waals surface area contributed by atoms with Crippen molar-refractivity contribution in [2.24, 2.45) is 28.9 Å². The number of alkyl carbamates (subject to hydrolysis) is 1. The molecule has 0 aromatic heterocycles. The van der Waals surface area contributed by atoms with Crippen LogP contribution in [0.1, 0.15) is 67.2 Å². The van der Waals surface area contributed by atoms with Gasteiger partial charge in [-0.1, -0.05) is 20.8 Å². The van der Waals surface area contributed by atoms with Gasteiger partial charge in [-0.15, -0.1) is 0 Å². The molecule has 4 nitrogen and oxygen atoms in total. The predicted octanol–water partition coefficient (Wildman–Crippen LogP) is 3.94. The molecular weight excluding hydrogens is 276 g/mol. The fraction of sp³-hybridized carbons (Fsp3) is 0.944. The summed E-state index contributed by atoms with van der Waals surface area (Å²) >= 11 is 0. The maximum absolute atomic E-state index is 11.9. The summed E-state index contributed by atoms with van der Waals surface area (Å²) in [6.07, 6.45) is 4.65. The number of nitrogens with two attached hydrogens (primary N) is 1. The van der Waals surface area contributed by atoms with Gasteiger partial charge in [0.1, 0.15) is 5.60 Å². The van der Waals surface area contributed by atoms with Crippen LogP contribution in [-0.2, 0) is 4.74 Å². The van der Waals surface area contributed by atoms with Gasteiger partial charge in [0.25, 0.3) is 0 Å². The lowest BCUT2D eigenvalue weighted by Gasteiger charge is -2.42. The number of rotatable bonds is 5. The van der Waals surface area contributed by atoms with Crippen molar-refractivity contribution in [2.45, 2.75) is 72.8 Å². The summed E-state index contributed by atoms with van der Waals surface area (Å²) in [5.74, 6) is 2.20. The first-order valence-corrected chi connectivity index (χ1v) is 8.74. The van der Waals surface area contributed by atoms with Crippen molar-refractivity contribution in [3.05, 3.63) is 0 Å². The number of carbonyl (C=O) groups excluding carboxylic acids is 1. The molecule has 0 bridgehead atoms. The van der Waals surface area contributed by atoms with Crippen LogP contribution in [0.5, 0.6) is 0 Å². The third-order valence-electron chi connectivity index (χ3n) is 5.20. The summed E-state index contributed by atoms with van der Waals surface area (Å²) in [7, 11) is 0. The highest BCUT2D eigenvalue weighted by atomic mass is 16.6. The number of ether oxygens (including phenoxy) is 1. The predicted molar refractivity (Wildman–Crippen MR) is 91.7 cm³/mol. The molecule has 1 aliphatic carbocycles. The van der Waals surface area contributed by atoms with Gasteiger partial charge in [0.05, 0.1) is 0 Å². The van der Waals surface area contributed by atoms with Gasteiger partial charge in [0.15, 0.2) is 0 Å². The van der Waals surface area contributed by atoms with E-state index in [0.717, 1.165) is 11.8 Å². The minimum Gasteiger partial charge on any atom is -0.444 e. The van der Waals surface area contributed by atoms with E-state index in [1.165, 1.54) is 25.7 Å². The Morgan fingerprint density at radius 2 is 1.73 bits per heavy atom. The first kappa shape index (κ1) is 19.3. The molecule has 22 heavy (non-hydrogen) atoms. The van der Waals surface area contributed by atoms with Crippen LogP contribution in [0.15, 0.2) is 0 Å². The van der Waals surface area contributed by atoms with Crippen LogP contribution in [-0.4, -0.2) is 24.8 Å². The highest BCUT2D eigenvalue weighted by molar-refractivity contribution is 5.67. The Balaban J connectivity index is 2.52. The summed E-state index contributed by atoms with van der Waals surface area (Å²) < 4.78 is 5.32. The zero-order chi connectivity index (χ0) is 17.0. The normalized spacial score (nSPS) is 25.6. The van der Waals surface area contributed by atoms with Crippen molar-refractivity contribution in [1.29, 1.82) is 0 Å². The second-order valence-electron chi connectivity index (χ2n) is 8.57. The molecule has 1 unspecified atom stereocenters. The topological polar surface area (TPSA) is 64.3 Å². The Bertz CT molecular complexity index is 355. The molecule has 1 saturated carbocycles. The minimum atomic E-state index is -0.460.